The topological polar surface area (TPSA) is 40.0 Å². The number of hydrogen-bond donors (Lipinski definition) is 0. The molecule has 4 heteroatoms. The second-order valence-electron chi connectivity index (χ2n) is 4.29. The lowest BCUT2D eigenvalue weighted by molar-refractivity contribution is -0.429. The summed E-state index contributed by atoms with van der Waals surface area (Å²) in [6.07, 6.45) is 1.14. The summed E-state index contributed by atoms with van der Waals surface area (Å²) in [6.45, 7) is 6.17. The smallest absolute Gasteiger partial charge is 0.354 e. The Balaban J connectivity index is 2.03. The van der Waals surface area contributed by atoms with E-state index in [0.29, 0.717) is 11.8 Å². The lowest BCUT2D eigenvalue weighted by Gasteiger charge is -2.46. The Morgan fingerprint density at radius 1 is 1.57 bits per heavy atom. The van der Waals surface area contributed by atoms with Crippen LogP contribution in [0, 0.1) is 5.92 Å². The second-order valence-corrected chi connectivity index (χ2v) is 4.29. The van der Waals surface area contributed by atoms with Gasteiger partial charge in [0.1, 0.15) is 0 Å². The molecule has 1 saturated heterocycles. The number of rotatable bonds is 3. The van der Waals surface area contributed by atoms with Gasteiger partial charge < -0.3 is 14.2 Å². The highest BCUT2D eigenvalue weighted by Gasteiger charge is 2.63. The standard InChI is InChI=1S/C10H17NO3/c1-6(2)5-8-9-10(12-4,14-8)13-7(3)11-9/h6,8-9H,5H2,1-4H3/t8-,9?,10+/m1/s1. The van der Waals surface area contributed by atoms with Gasteiger partial charge in [-0.3, -0.25) is 0 Å². The van der Waals surface area contributed by atoms with Crippen LogP contribution < -0.4 is 0 Å². The number of aliphatic imine (C=N–C) groups is 1. The molecule has 0 spiro atoms. The van der Waals surface area contributed by atoms with Crippen LogP contribution in [0.5, 0.6) is 0 Å². The molecule has 0 aromatic heterocycles. The van der Waals surface area contributed by atoms with Crippen LogP contribution in [0.25, 0.3) is 0 Å². The van der Waals surface area contributed by atoms with E-state index in [-0.39, 0.29) is 12.1 Å². The molecule has 3 atom stereocenters. The lowest BCUT2D eigenvalue weighted by atomic mass is 9.94. The zero-order chi connectivity index (χ0) is 10.3. The first kappa shape index (κ1) is 9.93. The van der Waals surface area contributed by atoms with Crippen LogP contribution in [-0.2, 0) is 14.2 Å². The zero-order valence-electron chi connectivity index (χ0n) is 9.11. The summed E-state index contributed by atoms with van der Waals surface area (Å²) in [7, 11) is 1.59. The summed E-state index contributed by atoms with van der Waals surface area (Å²) in [5, 5.41) is 0. The van der Waals surface area contributed by atoms with E-state index in [0.717, 1.165) is 6.42 Å². The molecule has 0 amide bonds. The van der Waals surface area contributed by atoms with Gasteiger partial charge in [-0.1, -0.05) is 13.8 Å². The monoisotopic (exact) mass is 199 g/mol. The van der Waals surface area contributed by atoms with Crippen LogP contribution in [-0.4, -0.2) is 31.1 Å². The molecule has 0 N–H and O–H groups in total. The van der Waals surface area contributed by atoms with E-state index in [4.69, 9.17) is 14.2 Å². The van der Waals surface area contributed by atoms with Crippen LogP contribution in [0.1, 0.15) is 27.2 Å². The van der Waals surface area contributed by atoms with E-state index in [1.165, 1.54) is 0 Å². The van der Waals surface area contributed by atoms with Gasteiger partial charge in [-0.15, -0.1) is 0 Å². The fourth-order valence-electron chi connectivity index (χ4n) is 2.03. The normalized spacial score (nSPS) is 40.2. The van der Waals surface area contributed by atoms with E-state index in [2.05, 4.69) is 18.8 Å². The minimum absolute atomic E-state index is 0.0231. The van der Waals surface area contributed by atoms with Gasteiger partial charge in [0.15, 0.2) is 11.9 Å². The van der Waals surface area contributed by atoms with Gasteiger partial charge in [-0.2, -0.15) is 0 Å². The fourth-order valence-corrected chi connectivity index (χ4v) is 2.03. The Kier molecular flexibility index (Phi) is 2.27. The molecule has 2 rings (SSSR count). The van der Waals surface area contributed by atoms with Gasteiger partial charge in [0.05, 0.1) is 6.10 Å². The minimum Gasteiger partial charge on any atom is -0.424 e. The molecular weight excluding hydrogens is 182 g/mol. The van der Waals surface area contributed by atoms with Crippen molar-refractivity contribution in [2.75, 3.05) is 7.11 Å². The first-order valence-electron chi connectivity index (χ1n) is 5.04. The van der Waals surface area contributed by atoms with Crippen molar-refractivity contribution >= 4 is 5.90 Å². The Morgan fingerprint density at radius 2 is 2.29 bits per heavy atom. The molecule has 2 aliphatic rings. The zero-order valence-corrected chi connectivity index (χ0v) is 9.11. The number of fused-ring (bicyclic) bond motifs is 1. The maximum Gasteiger partial charge on any atom is 0.354 e. The quantitative estimate of drug-likeness (QED) is 0.692. The number of ether oxygens (including phenoxy) is 3. The number of methoxy groups -OCH3 is 1. The van der Waals surface area contributed by atoms with Gasteiger partial charge >= 0.3 is 5.97 Å². The summed E-state index contributed by atoms with van der Waals surface area (Å²) in [4.78, 5) is 4.38. The highest BCUT2D eigenvalue weighted by atomic mass is 16.9. The molecule has 2 aliphatic heterocycles. The van der Waals surface area contributed by atoms with Gasteiger partial charge in [0.25, 0.3) is 0 Å². The maximum absolute atomic E-state index is 5.62. The predicted molar refractivity (Wildman–Crippen MR) is 52.1 cm³/mol. The van der Waals surface area contributed by atoms with Crippen molar-refractivity contribution in [1.82, 2.24) is 0 Å². The minimum atomic E-state index is -0.899. The molecule has 14 heavy (non-hydrogen) atoms. The van der Waals surface area contributed by atoms with Crippen molar-refractivity contribution in [3.05, 3.63) is 0 Å². The highest BCUT2D eigenvalue weighted by molar-refractivity contribution is 5.75. The van der Waals surface area contributed by atoms with Gasteiger partial charge in [-0.25, -0.2) is 4.99 Å². The molecule has 4 nitrogen and oxygen atoms in total. The molecule has 0 aliphatic carbocycles. The summed E-state index contributed by atoms with van der Waals surface area (Å²) in [5.41, 5.74) is 0. The van der Waals surface area contributed by atoms with Crippen LogP contribution in [0.4, 0.5) is 0 Å². The Bertz CT molecular complexity index is 264. The second kappa shape index (κ2) is 3.21. The first-order valence-corrected chi connectivity index (χ1v) is 5.04. The van der Waals surface area contributed by atoms with Crippen molar-refractivity contribution in [3.63, 3.8) is 0 Å². The Morgan fingerprint density at radius 3 is 2.86 bits per heavy atom. The average molecular weight is 199 g/mol. The van der Waals surface area contributed by atoms with E-state index >= 15 is 0 Å². The summed E-state index contributed by atoms with van der Waals surface area (Å²) >= 11 is 0. The molecule has 0 bridgehead atoms. The molecule has 1 fully saturated rings. The highest BCUT2D eigenvalue weighted by Crippen LogP contribution is 2.43. The number of hydrogen-bond acceptors (Lipinski definition) is 4. The average Bonchev–Trinajstić information content (AvgIpc) is 2.35. The molecular formula is C10H17NO3. The SMILES string of the molecule is CO[C@]12OC(C)=NC1[C@@H](CC(C)C)O2. The van der Waals surface area contributed by atoms with Gasteiger partial charge in [-0.05, 0) is 12.3 Å². The Labute approximate surface area is 84.2 Å². The summed E-state index contributed by atoms with van der Waals surface area (Å²) < 4.78 is 16.3. The van der Waals surface area contributed by atoms with Crippen LogP contribution in [0.2, 0.25) is 0 Å². The first-order chi connectivity index (χ1) is 6.57. The largest absolute Gasteiger partial charge is 0.424 e. The molecule has 0 radical (unpaired) electrons. The van der Waals surface area contributed by atoms with Gasteiger partial charge in [0.2, 0.25) is 0 Å². The van der Waals surface area contributed by atoms with E-state index in [1.54, 1.807) is 7.11 Å². The fraction of sp³-hybridized carbons (Fsp3) is 0.900. The van der Waals surface area contributed by atoms with Gasteiger partial charge in [0, 0.05) is 14.0 Å². The van der Waals surface area contributed by atoms with Crippen molar-refractivity contribution in [2.45, 2.75) is 45.3 Å². The third-order valence-electron chi connectivity index (χ3n) is 2.63. The van der Waals surface area contributed by atoms with E-state index < -0.39 is 5.97 Å². The molecule has 0 saturated carbocycles. The van der Waals surface area contributed by atoms with Crippen molar-refractivity contribution < 1.29 is 14.2 Å². The third kappa shape index (κ3) is 1.33. The van der Waals surface area contributed by atoms with E-state index in [9.17, 15) is 0 Å². The molecule has 80 valence electrons. The van der Waals surface area contributed by atoms with Crippen LogP contribution in [0.3, 0.4) is 0 Å². The third-order valence-corrected chi connectivity index (χ3v) is 2.63. The summed E-state index contributed by atoms with van der Waals surface area (Å²) in [6, 6.07) is 0.0231. The lowest BCUT2D eigenvalue weighted by Crippen LogP contribution is -2.63. The molecule has 0 aromatic rings. The van der Waals surface area contributed by atoms with E-state index in [1.807, 2.05) is 6.92 Å². The van der Waals surface area contributed by atoms with Crippen LogP contribution >= 0.6 is 0 Å². The van der Waals surface area contributed by atoms with Crippen molar-refractivity contribution in [2.24, 2.45) is 10.9 Å². The summed E-state index contributed by atoms with van der Waals surface area (Å²) in [5.74, 6) is 0.359. The molecule has 0 aromatic carbocycles. The number of nitrogens with zero attached hydrogens (tertiary/aromatic N) is 1. The maximum atomic E-state index is 5.62. The molecule has 2 heterocycles. The van der Waals surface area contributed by atoms with Crippen molar-refractivity contribution in [3.8, 4) is 0 Å². The predicted octanol–water partition coefficient (Wildman–Crippen LogP) is 1.55. The Hall–Kier alpha value is -0.610. The molecule has 1 unspecified atom stereocenters. The van der Waals surface area contributed by atoms with Crippen molar-refractivity contribution in [1.29, 1.82) is 0 Å². The van der Waals surface area contributed by atoms with Crippen LogP contribution in [0.15, 0.2) is 4.99 Å².